The molecule has 1 fully saturated rings. The first-order chi connectivity index (χ1) is 8.97. The standard InChI is InChI=1S/C15H22FNO2/c1-15(2,3)13-5-4-12(16)14(17-13)19-10-11-6-8-18-9-7-11/h4-5,11H,6-10H2,1-3H3. The van der Waals surface area contributed by atoms with Crippen molar-refractivity contribution in [2.45, 2.75) is 39.0 Å². The van der Waals surface area contributed by atoms with Crippen LogP contribution in [0.25, 0.3) is 0 Å². The Morgan fingerprint density at radius 2 is 2.00 bits per heavy atom. The summed E-state index contributed by atoms with van der Waals surface area (Å²) in [5, 5.41) is 0. The van der Waals surface area contributed by atoms with Crippen LogP contribution >= 0.6 is 0 Å². The van der Waals surface area contributed by atoms with E-state index in [-0.39, 0.29) is 17.1 Å². The second-order valence-corrected chi connectivity index (χ2v) is 6.10. The van der Waals surface area contributed by atoms with Crippen LogP contribution in [0.15, 0.2) is 12.1 Å². The Hall–Kier alpha value is -1.16. The molecule has 19 heavy (non-hydrogen) atoms. The number of rotatable bonds is 3. The van der Waals surface area contributed by atoms with Crippen molar-refractivity contribution in [2.24, 2.45) is 5.92 Å². The summed E-state index contributed by atoms with van der Waals surface area (Å²) in [7, 11) is 0. The molecule has 106 valence electrons. The molecule has 1 aromatic rings. The normalized spacial score (nSPS) is 17.5. The largest absolute Gasteiger partial charge is 0.475 e. The minimum absolute atomic E-state index is 0.107. The first-order valence-corrected chi connectivity index (χ1v) is 6.84. The number of hydrogen-bond donors (Lipinski definition) is 0. The van der Waals surface area contributed by atoms with E-state index in [9.17, 15) is 4.39 Å². The molecule has 4 heteroatoms. The summed E-state index contributed by atoms with van der Waals surface area (Å²) < 4.78 is 24.6. The highest BCUT2D eigenvalue weighted by Crippen LogP contribution is 2.25. The SMILES string of the molecule is CC(C)(C)c1ccc(F)c(OCC2CCOCC2)n1. The summed E-state index contributed by atoms with van der Waals surface area (Å²) in [6.07, 6.45) is 1.95. The van der Waals surface area contributed by atoms with Gasteiger partial charge in [-0.25, -0.2) is 9.37 Å². The molecule has 1 aliphatic rings. The highest BCUT2D eigenvalue weighted by Gasteiger charge is 2.20. The molecular formula is C15H22FNO2. The van der Waals surface area contributed by atoms with Crippen molar-refractivity contribution in [1.29, 1.82) is 0 Å². The van der Waals surface area contributed by atoms with Gasteiger partial charge in [-0.1, -0.05) is 20.8 Å². The van der Waals surface area contributed by atoms with Crippen molar-refractivity contribution in [1.82, 2.24) is 4.98 Å². The lowest BCUT2D eigenvalue weighted by Gasteiger charge is -2.23. The van der Waals surface area contributed by atoms with Crippen LogP contribution in [0, 0.1) is 11.7 Å². The van der Waals surface area contributed by atoms with Crippen molar-refractivity contribution >= 4 is 0 Å². The monoisotopic (exact) mass is 267 g/mol. The molecule has 1 saturated heterocycles. The molecule has 1 aromatic heterocycles. The summed E-state index contributed by atoms with van der Waals surface area (Å²) >= 11 is 0. The van der Waals surface area contributed by atoms with Gasteiger partial charge in [0.05, 0.1) is 6.61 Å². The Morgan fingerprint density at radius 1 is 1.32 bits per heavy atom. The lowest BCUT2D eigenvalue weighted by Crippen LogP contribution is -2.22. The highest BCUT2D eigenvalue weighted by atomic mass is 19.1. The third-order valence-corrected chi connectivity index (χ3v) is 3.38. The van der Waals surface area contributed by atoms with Crippen LogP contribution in [0.1, 0.15) is 39.3 Å². The van der Waals surface area contributed by atoms with Crippen molar-refractivity contribution in [3.63, 3.8) is 0 Å². The van der Waals surface area contributed by atoms with Crippen LogP contribution < -0.4 is 4.74 Å². The van der Waals surface area contributed by atoms with Crippen LogP contribution in [-0.4, -0.2) is 24.8 Å². The molecule has 0 saturated carbocycles. The molecular weight excluding hydrogens is 245 g/mol. The van der Waals surface area contributed by atoms with Crippen LogP contribution in [0.5, 0.6) is 5.88 Å². The van der Waals surface area contributed by atoms with Gasteiger partial charge >= 0.3 is 0 Å². The summed E-state index contributed by atoms with van der Waals surface area (Å²) in [4.78, 5) is 4.30. The summed E-state index contributed by atoms with van der Waals surface area (Å²) in [6, 6.07) is 3.16. The third kappa shape index (κ3) is 3.90. The Bertz CT molecular complexity index is 423. The molecule has 0 radical (unpaired) electrons. The molecule has 1 aliphatic heterocycles. The average molecular weight is 267 g/mol. The second kappa shape index (κ2) is 5.87. The van der Waals surface area contributed by atoms with Gasteiger partial charge in [0.25, 0.3) is 5.88 Å². The smallest absolute Gasteiger partial charge is 0.250 e. The van der Waals surface area contributed by atoms with Crippen LogP contribution in [0.2, 0.25) is 0 Å². The van der Waals surface area contributed by atoms with E-state index < -0.39 is 0 Å². The van der Waals surface area contributed by atoms with Gasteiger partial charge in [0.15, 0.2) is 5.82 Å². The maximum atomic E-state index is 13.7. The van der Waals surface area contributed by atoms with E-state index in [4.69, 9.17) is 9.47 Å². The predicted molar refractivity (Wildman–Crippen MR) is 71.9 cm³/mol. The maximum Gasteiger partial charge on any atom is 0.250 e. The molecule has 0 aromatic carbocycles. The van der Waals surface area contributed by atoms with Crippen molar-refractivity contribution < 1.29 is 13.9 Å². The van der Waals surface area contributed by atoms with Crippen molar-refractivity contribution in [3.8, 4) is 5.88 Å². The lowest BCUT2D eigenvalue weighted by atomic mass is 9.92. The number of nitrogens with zero attached hydrogens (tertiary/aromatic N) is 1. The topological polar surface area (TPSA) is 31.4 Å². The quantitative estimate of drug-likeness (QED) is 0.842. The van der Waals surface area contributed by atoms with E-state index in [1.807, 2.05) is 0 Å². The summed E-state index contributed by atoms with van der Waals surface area (Å²) in [6.45, 7) is 8.21. The van der Waals surface area contributed by atoms with E-state index in [0.29, 0.717) is 12.5 Å². The van der Waals surface area contributed by atoms with Gasteiger partial charge in [0.2, 0.25) is 0 Å². The van der Waals surface area contributed by atoms with E-state index in [2.05, 4.69) is 25.8 Å². The van der Waals surface area contributed by atoms with Crippen LogP contribution in [0.3, 0.4) is 0 Å². The molecule has 0 N–H and O–H groups in total. The fourth-order valence-electron chi connectivity index (χ4n) is 2.05. The third-order valence-electron chi connectivity index (χ3n) is 3.38. The second-order valence-electron chi connectivity index (χ2n) is 6.10. The molecule has 0 aliphatic carbocycles. The van der Waals surface area contributed by atoms with E-state index >= 15 is 0 Å². The molecule has 3 nitrogen and oxygen atoms in total. The number of hydrogen-bond acceptors (Lipinski definition) is 3. The first kappa shape index (κ1) is 14.3. The predicted octanol–water partition coefficient (Wildman–Crippen LogP) is 3.32. The highest BCUT2D eigenvalue weighted by molar-refractivity contribution is 5.22. The minimum Gasteiger partial charge on any atom is -0.475 e. The molecule has 2 rings (SSSR count). The zero-order valence-electron chi connectivity index (χ0n) is 11.9. The van der Waals surface area contributed by atoms with Crippen LogP contribution in [-0.2, 0) is 10.2 Å². The van der Waals surface area contributed by atoms with Crippen molar-refractivity contribution in [3.05, 3.63) is 23.6 Å². The van der Waals surface area contributed by atoms with Gasteiger partial charge in [0.1, 0.15) is 0 Å². The number of aromatic nitrogens is 1. The van der Waals surface area contributed by atoms with E-state index in [1.54, 1.807) is 6.07 Å². The van der Waals surface area contributed by atoms with Gasteiger partial charge < -0.3 is 9.47 Å². The molecule has 2 heterocycles. The minimum atomic E-state index is -0.389. The maximum absolute atomic E-state index is 13.7. The lowest BCUT2D eigenvalue weighted by molar-refractivity contribution is 0.0483. The summed E-state index contributed by atoms with van der Waals surface area (Å²) in [5.74, 6) is 0.173. The van der Waals surface area contributed by atoms with E-state index in [1.165, 1.54) is 6.07 Å². The molecule has 0 spiro atoms. The molecule has 0 atom stereocenters. The first-order valence-electron chi connectivity index (χ1n) is 6.84. The zero-order chi connectivity index (χ0) is 13.9. The molecule has 0 bridgehead atoms. The fourth-order valence-corrected chi connectivity index (χ4v) is 2.05. The molecule has 0 unspecified atom stereocenters. The van der Waals surface area contributed by atoms with Gasteiger partial charge in [-0.2, -0.15) is 0 Å². The Kier molecular flexibility index (Phi) is 4.40. The van der Waals surface area contributed by atoms with Gasteiger partial charge in [-0.05, 0) is 30.9 Å². The number of pyridine rings is 1. The molecule has 0 amide bonds. The average Bonchev–Trinajstić information content (AvgIpc) is 2.37. The fraction of sp³-hybridized carbons (Fsp3) is 0.667. The summed E-state index contributed by atoms with van der Waals surface area (Å²) in [5.41, 5.74) is 0.737. The van der Waals surface area contributed by atoms with E-state index in [0.717, 1.165) is 31.7 Å². The van der Waals surface area contributed by atoms with Gasteiger partial charge in [0, 0.05) is 24.3 Å². The Morgan fingerprint density at radius 3 is 2.63 bits per heavy atom. The van der Waals surface area contributed by atoms with Crippen LogP contribution in [0.4, 0.5) is 4.39 Å². The Balaban J connectivity index is 2.02. The number of halogens is 1. The zero-order valence-corrected chi connectivity index (χ0v) is 11.9. The Labute approximate surface area is 114 Å². The van der Waals surface area contributed by atoms with Gasteiger partial charge in [-0.15, -0.1) is 0 Å². The van der Waals surface area contributed by atoms with Gasteiger partial charge in [-0.3, -0.25) is 0 Å². The van der Waals surface area contributed by atoms with Crippen molar-refractivity contribution in [2.75, 3.05) is 19.8 Å². The number of ether oxygens (including phenoxy) is 2.